The van der Waals surface area contributed by atoms with E-state index < -0.39 is 5.60 Å². The predicted octanol–water partition coefficient (Wildman–Crippen LogP) is 9.02. The Kier molecular flexibility index (Phi) is 19.4. The van der Waals surface area contributed by atoms with Crippen LogP contribution in [0.5, 0.6) is 0 Å². The smallest absolute Gasteiger partial charge is 0.333 e. The highest BCUT2D eigenvalue weighted by Gasteiger charge is 2.18. The van der Waals surface area contributed by atoms with Gasteiger partial charge in [-0.15, -0.1) is 0 Å². The van der Waals surface area contributed by atoms with Crippen molar-refractivity contribution in [3.05, 3.63) is 11.8 Å². The van der Waals surface area contributed by atoms with E-state index in [1.807, 2.05) is 48.5 Å². The second-order valence-electron chi connectivity index (χ2n) is 14.9. The molecule has 0 aromatic rings. The SMILES string of the molecule is C/C(=C/C(=O)OC(C)(C)C)NCCCCC1CCCCC1.CC(CC(=O)OC(C)(C)C)NCCCCC1CCCCC1. The van der Waals surface area contributed by atoms with Crippen molar-refractivity contribution in [1.82, 2.24) is 10.6 Å². The number of nitrogens with one attached hydrogen (secondary N) is 2. The fourth-order valence-corrected chi connectivity index (χ4v) is 5.97. The maximum Gasteiger partial charge on any atom is 0.333 e. The van der Waals surface area contributed by atoms with Crippen LogP contribution in [0.2, 0.25) is 0 Å². The van der Waals surface area contributed by atoms with Gasteiger partial charge in [-0.25, -0.2) is 4.79 Å². The lowest BCUT2D eigenvalue weighted by Crippen LogP contribution is -2.32. The zero-order valence-corrected chi connectivity index (χ0v) is 28.9. The van der Waals surface area contributed by atoms with E-state index in [2.05, 4.69) is 17.6 Å². The molecule has 0 radical (unpaired) electrons. The maximum absolute atomic E-state index is 11.7. The van der Waals surface area contributed by atoms with Crippen LogP contribution in [0.15, 0.2) is 11.8 Å². The molecule has 0 aromatic heterocycles. The predicted molar refractivity (Wildman–Crippen MR) is 176 cm³/mol. The van der Waals surface area contributed by atoms with Gasteiger partial charge < -0.3 is 20.1 Å². The van der Waals surface area contributed by atoms with E-state index >= 15 is 0 Å². The minimum Gasteiger partial charge on any atom is -0.460 e. The summed E-state index contributed by atoms with van der Waals surface area (Å²) in [5.74, 6) is 1.58. The van der Waals surface area contributed by atoms with Crippen LogP contribution in [0.4, 0.5) is 0 Å². The zero-order chi connectivity index (χ0) is 31.4. The fourth-order valence-electron chi connectivity index (χ4n) is 5.97. The number of hydrogen-bond donors (Lipinski definition) is 2. The van der Waals surface area contributed by atoms with Crippen molar-refractivity contribution < 1.29 is 19.1 Å². The molecule has 2 aliphatic carbocycles. The Balaban J connectivity index is 0.000000420. The molecule has 2 saturated carbocycles. The molecule has 2 fully saturated rings. The zero-order valence-electron chi connectivity index (χ0n) is 28.9. The number of esters is 2. The Morgan fingerprint density at radius 3 is 1.69 bits per heavy atom. The topological polar surface area (TPSA) is 76.7 Å². The molecule has 2 rings (SSSR count). The highest BCUT2D eigenvalue weighted by molar-refractivity contribution is 5.82. The summed E-state index contributed by atoms with van der Waals surface area (Å²) in [7, 11) is 0. The number of hydrogen-bond acceptors (Lipinski definition) is 6. The second kappa shape index (κ2) is 21.2. The lowest BCUT2D eigenvalue weighted by molar-refractivity contribution is -0.155. The Morgan fingerprint density at radius 2 is 1.21 bits per heavy atom. The van der Waals surface area contributed by atoms with Crippen LogP contribution in [0, 0.1) is 11.8 Å². The summed E-state index contributed by atoms with van der Waals surface area (Å²) < 4.78 is 10.6. The van der Waals surface area contributed by atoms with Gasteiger partial charge in [0.15, 0.2) is 0 Å². The normalized spacial score (nSPS) is 18.0. The summed E-state index contributed by atoms with van der Waals surface area (Å²) in [5.41, 5.74) is 0.0897. The molecule has 0 amide bonds. The Labute approximate surface area is 259 Å². The second-order valence-corrected chi connectivity index (χ2v) is 14.9. The first-order chi connectivity index (χ1) is 19.7. The van der Waals surface area contributed by atoms with Gasteiger partial charge in [0, 0.05) is 24.4 Å². The van der Waals surface area contributed by atoms with Gasteiger partial charge in [0.25, 0.3) is 0 Å². The van der Waals surface area contributed by atoms with Gasteiger partial charge in [0.05, 0.1) is 6.42 Å². The highest BCUT2D eigenvalue weighted by Crippen LogP contribution is 2.28. The molecule has 1 unspecified atom stereocenters. The molecule has 0 saturated heterocycles. The van der Waals surface area contributed by atoms with E-state index in [4.69, 9.17) is 9.47 Å². The van der Waals surface area contributed by atoms with Gasteiger partial charge in [-0.1, -0.05) is 89.9 Å². The first-order valence-electron chi connectivity index (χ1n) is 17.3. The molecule has 0 bridgehead atoms. The van der Waals surface area contributed by atoms with Crippen LogP contribution in [0.3, 0.4) is 0 Å². The minimum absolute atomic E-state index is 0.107. The van der Waals surface area contributed by atoms with E-state index in [0.29, 0.717) is 6.42 Å². The first-order valence-corrected chi connectivity index (χ1v) is 17.3. The Hall–Kier alpha value is -1.56. The van der Waals surface area contributed by atoms with Gasteiger partial charge in [-0.2, -0.15) is 0 Å². The van der Waals surface area contributed by atoms with Crippen LogP contribution in [0.1, 0.15) is 165 Å². The van der Waals surface area contributed by atoms with Gasteiger partial charge in [0.2, 0.25) is 0 Å². The monoisotopic (exact) mass is 593 g/mol. The summed E-state index contributed by atoms with van der Waals surface area (Å²) in [5, 5.41) is 6.73. The fraction of sp³-hybridized carbons (Fsp3) is 0.889. The molecule has 0 aromatic carbocycles. The van der Waals surface area contributed by atoms with Gasteiger partial charge in [-0.3, -0.25) is 4.79 Å². The lowest BCUT2D eigenvalue weighted by Gasteiger charge is -2.22. The van der Waals surface area contributed by atoms with E-state index in [-0.39, 0.29) is 23.6 Å². The summed E-state index contributed by atoms with van der Waals surface area (Å²) in [6.45, 7) is 17.3. The number of ether oxygens (including phenoxy) is 2. The van der Waals surface area contributed by atoms with Crippen molar-refractivity contribution in [2.45, 2.75) is 182 Å². The largest absolute Gasteiger partial charge is 0.460 e. The molecule has 6 nitrogen and oxygen atoms in total. The minimum atomic E-state index is -0.423. The number of allylic oxidation sites excluding steroid dienone is 1. The molecular weight excluding hydrogens is 524 g/mol. The molecule has 2 aliphatic rings. The van der Waals surface area contributed by atoms with Gasteiger partial charge in [-0.05, 0) is 86.6 Å². The molecular formula is C36H68N2O4. The average Bonchev–Trinajstić information content (AvgIpc) is 2.87. The number of unbranched alkanes of at least 4 members (excludes halogenated alkanes) is 2. The third-order valence-electron chi connectivity index (χ3n) is 8.06. The third kappa shape index (κ3) is 23.0. The van der Waals surface area contributed by atoms with Crippen molar-refractivity contribution >= 4 is 11.9 Å². The molecule has 246 valence electrons. The van der Waals surface area contributed by atoms with Crippen LogP contribution < -0.4 is 10.6 Å². The molecule has 0 aliphatic heterocycles. The van der Waals surface area contributed by atoms with Crippen LogP contribution >= 0.6 is 0 Å². The summed E-state index contributed by atoms with van der Waals surface area (Å²) >= 11 is 0. The van der Waals surface area contributed by atoms with Crippen molar-refractivity contribution in [2.24, 2.45) is 11.8 Å². The number of carbonyl (C=O) groups excluding carboxylic acids is 2. The molecule has 6 heteroatoms. The highest BCUT2D eigenvalue weighted by atomic mass is 16.6. The summed E-state index contributed by atoms with van der Waals surface area (Å²) in [6.07, 6.45) is 24.2. The molecule has 0 spiro atoms. The number of rotatable bonds is 15. The van der Waals surface area contributed by atoms with Gasteiger partial charge in [0.1, 0.15) is 11.2 Å². The Bertz CT molecular complexity index is 753. The molecule has 2 N–H and O–H groups in total. The van der Waals surface area contributed by atoms with E-state index in [9.17, 15) is 9.59 Å². The van der Waals surface area contributed by atoms with Gasteiger partial charge >= 0.3 is 11.9 Å². The Morgan fingerprint density at radius 1 is 0.738 bits per heavy atom. The van der Waals surface area contributed by atoms with Crippen molar-refractivity contribution in [2.75, 3.05) is 13.1 Å². The van der Waals surface area contributed by atoms with Crippen LogP contribution in [-0.4, -0.2) is 42.3 Å². The molecule has 42 heavy (non-hydrogen) atoms. The quantitative estimate of drug-likeness (QED) is 0.112. The lowest BCUT2D eigenvalue weighted by atomic mass is 9.86. The third-order valence-corrected chi connectivity index (χ3v) is 8.06. The average molecular weight is 593 g/mol. The van der Waals surface area contributed by atoms with E-state index in [1.165, 1.54) is 103 Å². The van der Waals surface area contributed by atoms with Crippen molar-refractivity contribution in [3.8, 4) is 0 Å². The van der Waals surface area contributed by atoms with Crippen LogP contribution in [0.25, 0.3) is 0 Å². The van der Waals surface area contributed by atoms with Crippen molar-refractivity contribution in [1.29, 1.82) is 0 Å². The van der Waals surface area contributed by atoms with Crippen molar-refractivity contribution in [3.63, 3.8) is 0 Å². The maximum atomic E-state index is 11.7. The first kappa shape index (κ1) is 38.5. The van der Waals surface area contributed by atoms with E-state index in [1.54, 1.807) is 6.08 Å². The summed E-state index contributed by atoms with van der Waals surface area (Å²) in [4.78, 5) is 23.3. The van der Waals surface area contributed by atoms with E-state index in [0.717, 1.165) is 30.6 Å². The molecule has 0 heterocycles. The van der Waals surface area contributed by atoms with Crippen LogP contribution in [-0.2, 0) is 19.1 Å². The summed E-state index contributed by atoms with van der Waals surface area (Å²) in [6, 6.07) is 0.203. The molecule has 1 atom stereocenters. The standard InChI is InChI=1S/C18H35NO2.C18H33NO2/c2*1-15(14-17(20)21-18(2,3)4)19-13-9-8-12-16-10-6-5-7-11-16/h15-16,19H,5-14H2,1-4H3;14,16,19H,5-13H2,1-4H3/b;15-14-. The number of carbonyl (C=O) groups is 2.